The quantitative estimate of drug-likeness (QED) is 0.746. The van der Waals surface area contributed by atoms with Gasteiger partial charge >= 0.3 is 6.18 Å². The Bertz CT molecular complexity index is 724. The number of fused-ring (bicyclic) bond motifs is 3. The maximum atomic E-state index is 13.1. The highest BCUT2D eigenvalue weighted by molar-refractivity contribution is 5.96. The van der Waals surface area contributed by atoms with Crippen LogP contribution in [-0.4, -0.2) is 30.1 Å². The summed E-state index contributed by atoms with van der Waals surface area (Å²) in [6.07, 6.45) is -3.11. The fraction of sp³-hybridized carbons (Fsp3) is 0.350. The Morgan fingerprint density at radius 1 is 1.00 bits per heavy atom. The van der Waals surface area contributed by atoms with Gasteiger partial charge in [-0.05, 0) is 28.7 Å². The smallest absolute Gasteiger partial charge is 0.333 e. The highest BCUT2D eigenvalue weighted by atomic mass is 19.4. The molecular weight excluding hydrogens is 327 g/mol. The van der Waals surface area contributed by atoms with E-state index in [1.165, 1.54) is 0 Å². The molecule has 0 aliphatic heterocycles. The lowest BCUT2D eigenvalue weighted by atomic mass is 9.95. The van der Waals surface area contributed by atoms with Crippen LogP contribution in [0.3, 0.4) is 0 Å². The van der Waals surface area contributed by atoms with Gasteiger partial charge in [-0.3, -0.25) is 4.79 Å². The molecule has 0 atom stereocenters. The monoisotopic (exact) mass is 347 g/mol. The number of benzene rings is 2. The Labute approximate surface area is 145 Å². The summed E-state index contributed by atoms with van der Waals surface area (Å²) < 4.78 is 38.9. The largest absolute Gasteiger partial charge is 0.406 e. The second kappa shape index (κ2) is 6.90. The molecule has 0 spiro atoms. The van der Waals surface area contributed by atoms with E-state index in [0.29, 0.717) is 6.42 Å². The van der Waals surface area contributed by atoms with Crippen molar-refractivity contribution in [3.8, 4) is 11.1 Å². The van der Waals surface area contributed by atoms with E-state index in [4.69, 9.17) is 0 Å². The topological polar surface area (TPSA) is 20.3 Å². The van der Waals surface area contributed by atoms with Gasteiger partial charge in [-0.25, -0.2) is 0 Å². The molecule has 0 saturated carbocycles. The predicted molar refractivity (Wildman–Crippen MR) is 91.3 cm³/mol. The van der Waals surface area contributed by atoms with Gasteiger partial charge in [0.25, 0.3) is 0 Å². The molecule has 2 nitrogen and oxygen atoms in total. The van der Waals surface area contributed by atoms with Crippen molar-refractivity contribution in [3.63, 3.8) is 0 Å². The number of alkyl halides is 3. The summed E-state index contributed by atoms with van der Waals surface area (Å²) in [5.74, 6) is -1.13. The van der Waals surface area contributed by atoms with Gasteiger partial charge in [0.15, 0.2) is 0 Å². The van der Waals surface area contributed by atoms with Gasteiger partial charge in [0.05, 0.1) is 5.92 Å². The molecule has 132 valence electrons. The fourth-order valence-corrected chi connectivity index (χ4v) is 3.44. The van der Waals surface area contributed by atoms with Crippen LogP contribution in [-0.2, 0) is 4.79 Å². The molecule has 2 aromatic rings. The van der Waals surface area contributed by atoms with Gasteiger partial charge in [-0.1, -0.05) is 61.9 Å². The predicted octanol–water partition coefficient (Wildman–Crippen LogP) is 4.99. The Morgan fingerprint density at radius 3 is 2.00 bits per heavy atom. The molecule has 25 heavy (non-hydrogen) atoms. The van der Waals surface area contributed by atoms with E-state index in [1.54, 1.807) is 0 Å². The number of hydrogen-bond acceptors (Lipinski definition) is 1. The van der Waals surface area contributed by atoms with Crippen LogP contribution in [0.1, 0.15) is 36.8 Å². The lowest BCUT2D eigenvalue weighted by Crippen LogP contribution is -2.42. The summed E-state index contributed by atoms with van der Waals surface area (Å²) in [7, 11) is 0. The normalized spacial score (nSPS) is 13.4. The molecule has 1 aliphatic rings. The van der Waals surface area contributed by atoms with Crippen LogP contribution in [0.5, 0.6) is 0 Å². The molecule has 2 aromatic carbocycles. The first-order valence-corrected chi connectivity index (χ1v) is 8.46. The van der Waals surface area contributed by atoms with Gasteiger partial charge in [0, 0.05) is 6.54 Å². The molecule has 0 N–H and O–H groups in total. The third-order valence-electron chi connectivity index (χ3n) is 4.54. The zero-order valence-electron chi connectivity index (χ0n) is 14.0. The fourth-order valence-electron chi connectivity index (χ4n) is 3.44. The highest BCUT2D eigenvalue weighted by Crippen LogP contribution is 2.45. The van der Waals surface area contributed by atoms with Gasteiger partial charge in [0.1, 0.15) is 6.54 Å². The van der Waals surface area contributed by atoms with Crippen LogP contribution in [0.4, 0.5) is 13.2 Å². The second-order valence-electron chi connectivity index (χ2n) is 6.34. The van der Waals surface area contributed by atoms with E-state index < -0.39 is 24.5 Å². The minimum atomic E-state index is -4.40. The van der Waals surface area contributed by atoms with Gasteiger partial charge < -0.3 is 4.90 Å². The van der Waals surface area contributed by atoms with Crippen molar-refractivity contribution in [2.75, 3.05) is 13.1 Å². The number of rotatable bonds is 5. The summed E-state index contributed by atoms with van der Waals surface area (Å²) in [6, 6.07) is 14.9. The molecule has 0 unspecified atom stereocenters. The van der Waals surface area contributed by atoms with E-state index in [2.05, 4.69) is 0 Å². The van der Waals surface area contributed by atoms with Crippen LogP contribution in [0.15, 0.2) is 48.5 Å². The maximum Gasteiger partial charge on any atom is 0.406 e. The summed E-state index contributed by atoms with van der Waals surface area (Å²) >= 11 is 0. The summed E-state index contributed by atoms with van der Waals surface area (Å²) in [5, 5.41) is 0. The first kappa shape index (κ1) is 17.5. The molecule has 1 aliphatic carbocycles. The van der Waals surface area contributed by atoms with E-state index in [0.717, 1.165) is 33.6 Å². The minimum Gasteiger partial charge on any atom is -0.333 e. The maximum absolute atomic E-state index is 13.1. The zero-order chi connectivity index (χ0) is 18.0. The standard InChI is InChI=1S/C20H20F3NO/c1-2-3-12-24(13-20(21,22)23)19(25)18-16-10-6-4-8-14(16)15-9-5-7-11-17(15)18/h4-11,18H,2-3,12-13H2,1H3. The molecular formula is C20H20F3NO. The average Bonchev–Trinajstić information content (AvgIpc) is 2.91. The van der Waals surface area contributed by atoms with Crippen molar-refractivity contribution in [2.45, 2.75) is 31.9 Å². The van der Waals surface area contributed by atoms with E-state index >= 15 is 0 Å². The Kier molecular flexibility index (Phi) is 4.84. The molecule has 1 amide bonds. The molecule has 0 bridgehead atoms. The van der Waals surface area contributed by atoms with Crippen molar-refractivity contribution < 1.29 is 18.0 Å². The number of halogens is 3. The van der Waals surface area contributed by atoms with Crippen LogP contribution >= 0.6 is 0 Å². The SMILES string of the molecule is CCCCN(CC(F)(F)F)C(=O)C1c2ccccc2-c2ccccc21. The number of nitrogens with zero attached hydrogens (tertiary/aromatic N) is 1. The first-order valence-electron chi connectivity index (χ1n) is 8.46. The molecule has 0 saturated heterocycles. The van der Waals surface area contributed by atoms with Crippen LogP contribution in [0.25, 0.3) is 11.1 Å². The van der Waals surface area contributed by atoms with Crippen LogP contribution in [0, 0.1) is 0 Å². The molecule has 0 aromatic heterocycles. The molecule has 5 heteroatoms. The Morgan fingerprint density at radius 2 is 1.52 bits per heavy atom. The number of carbonyl (C=O) groups excluding carboxylic acids is 1. The highest BCUT2D eigenvalue weighted by Gasteiger charge is 2.39. The first-order chi connectivity index (χ1) is 11.9. The van der Waals surface area contributed by atoms with Crippen molar-refractivity contribution in [3.05, 3.63) is 59.7 Å². The Balaban J connectivity index is 1.99. The number of carbonyl (C=O) groups is 1. The number of unbranched alkanes of at least 4 members (excludes halogenated alkanes) is 1. The van der Waals surface area contributed by atoms with E-state index in [9.17, 15) is 18.0 Å². The average molecular weight is 347 g/mol. The van der Waals surface area contributed by atoms with Crippen LogP contribution < -0.4 is 0 Å². The van der Waals surface area contributed by atoms with Crippen molar-refractivity contribution in [1.82, 2.24) is 4.90 Å². The molecule has 3 rings (SSSR count). The molecule has 0 radical (unpaired) electrons. The van der Waals surface area contributed by atoms with Gasteiger partial charge in [-0.2, -0.15) is 13.2 Å². The van der Waals surface area contributed by atoms with Crippen LogP contribution in [0.2, 0.25) is 0 Å². The lowest BCUT2D eigenvalue weighted by molar-refractivity contribution is -0.161. The third-order valence-corrected chi connectivity index (χ3v) is 4.54. The second-order valence-corrected chi connectivity index (χ2v) is 6.34. The van der Waals surface area contributed by atoms with Crippen molar-refractivity contribution in [1.29, 1.82) is 0 Å². The number of hydrogen-bond donors (Lipinski definition) is 0. The van der Waals surface area contributed by atoms with Gasteiger partial charge in [0.2, 0.25) is 5.91 Å². The van der Waals surface area contributed by atoms with E-state index in [1.807, 2.05) is 55.5 Å². The molecule has 0 heterocycles. The summed E-state index contributed by atoms with van der Waals surface area (Å²) in [4.78, 5) is 14.0. The summed E-state index contributed by atoms with van der Waals surface area (Å²) in [5.41, 5.74) is 3.44. The van der Waals surface area contributed by atoms with Crippen molar-refractivity contribution >= 4 is 5.91 Å². The van der Waals surface area contributed by atoms with E-state index in [-0.39, 0.29) is 6.54 Å². The number of amides is 1. The Hall–Kier alpha value is -2.30. The minimum absolute atomic E-state index is 0.121. The third kappa shape index (κ3) is 3.55. The lowest BCUT2D eigenvalue weighted by Gasteiger charge is -2.27. The molecule has 0 fully saturated rings. The summed E-state index contributed by atoms with van der Waals surface area (Å²) in [6.45, 7) is 0.818. The zero-order valence-corrected chi connectivity index (χ0v) is 14.0. The van der Waals surface area contributed by atoms with Crippen molar-refractivity contribution in [2.24, 2.45) is 0 Å². The van der Waals surface area contributed by atoms with Gasteiger partial charge in [-0.15, -0.1) is 0 Å².